The first kappa shape index (κ1) is 14.8. The molecule has 2 rings (SSSR count). The lowest BCUT2D eigenvalue weighted by molar-refractivity contribution is 0.0520. The SMILES string of the molecule is Cc1cc(F)ccc1NC(=O)NCC[C@@H]1CCCOC1. The first-order valence-corrected chi connectivity index (χ1v) is 7.04. The number of benzene rings is 1. The number of urea groups is 1. The minimum absolute atomic E-state index is 0.253. The maximum atomic E-state index is 13.0. The van der Waals surface area contributed by atoms with Gasteiger partial charge in [0.05, 0.1) is 0 Å². The number of anilines is 1. The number of hydrogen-bond donors (Lipinski definition) is 2. The van der Waals surface area contributed by atoms with Crippen molar-refractivity contribution in [2.24, 2.45) is 5.92 Å². The molecule has 0 unspecified atom stereocenters. The van der Waals surface area contributed by atoms with Crippen LogP contribution >= 0.6 is 0 Å². The van der Waals surface area contributed by atoms with Crippen molar-refractivity contribution in [3.8, 4) is 0 Å². The van der Waals surface area contributed by atoms with E-state index in [-0.39, 0.29) is 11.8 Å². The fourth-order valence-electron chi connectivity index (χ4n) is 2.36. The molecule has 1 saturated heterocycles. The summed E-state index contributed by atoms with van der Waals surface area (Å²) in [6, 6.07) is 4.05. The molecular weight excluding hydrogens is 259 g/mol. The Labute approximate surface area is 118 Å². The third kappa shape index (κ3) is 4.49. The highest BCUT2D eigenvalue weighted by Crippen LogP contribution is 2.17. The maximum absolute atomic E-state index is 13.0. The van der Waals surface area contributed by atoms with Crippen molar-refractivity contribution in [1.82, 2.24) is 5.32 Å². The zero-order valence-electron chi connectivity index (χ0n) is 11.7. The third-order valence-corrected chi connectivity index (χ3v) is 3.53. The van der Waals surface area contributed by atoms with Gasteiger partial charge in [-0.15, -0.1) is 0 Å². The lowest BCUT2D eigenvalue weighted by Crippen LogP contribution is -2.31. The molecule has 0 radical (unpaired) electrons. The molecule has 1 fully saturated rings. The van der Waals surface area contributed by atoms with Gasteiger partial charge in [0, 0.05) is 25.4 Å². The third-order valence-electron chi connectivity index (χ3n) is 3.53. The summed E-state index contributed by atoms with van der Waals surface area (Å²) in [6.07, 6.45) is 3.20. The lowest BCUT2D eigenvalue weighted by Gasteiger charge is -2.22. The van der Waals surface area contributed by atoms with E-state index in [0.717, 1.165) is 26.1 Å². The Morgan fingerprint density at radius 3 is 3.05 bits per heavy atom. The molecule has 1 aromatic carbocycles. The second-order valence-electron chi connectivity index (χ2n) is 5.21. The molecule has 1 heterocycles. The molecule has 1 aliphatic rings. The van der Waals surface area contributed by atoms with Gasteiger partial charge in [-0.1, -0.05) is 0 Å². The number of amides is 2. The van der Waals surface area contributed by atoms with Crippen molar-refractivity contribution < 1.29 is 13.9 Å². The van der Waals surface area contributed by atoms with Gasteiger partial charge >= 0.3 is 6.03 Å². The van der Waals surface area contributed by atoms with Gasteiger partial charge in [-0.3, -0.25) is 0 Å². The summed E-state index contributed by atoms with van der Waals surface area (Å²) in [6.45, 7) is 4.03. The van der Waals surface area contributed by atoms with Crippen LogP contribution in [0.5, 0.6) is 0 Å². The highest BCUT2D eigenvalue weighted by atomic mass is 19.1. The number of carbonyl (C=O) groups is 1. The molecule has 1 aromatic rings. The van der Waals surface area contributed by atoms with Crippen LogP contribution < -0.4 is 10.6 Å². The Bertz CT molecular complexity index is 459. The van der Waals surface area contributed by atoms with Crippen molar-refractivity contribution in [1.29, 1.82) is 0 Å². The monoisotopic (exact) mass is 280 g/mol. The Morgan fingerprint density at radius 1 is 1.50 bits per heavy atom. The lowest BCUT2D eigenvalue weighted by atomic mass is 9.99. The highest BCUT2D eigenvalue weighted by molar-refractivity contribution is 5.89. The molecule has 1 aliphatic heterocycles. The largest absolute Gasteiger partial charge is 0.381 e. The van der Waals surface area contributed by atoms with Crippen molar-refractivity contribution in [2.75, 3.05) is 25.1 Å². The van der Waals surface area contributed by atoms with Crippen LogP contribution in [0, 0.1) is 18.7 Å². The van der Waals surface area contributed by atoms with Gasteiger partial charge in [0.15, 0.2) is 0 Å². The van der Waals surface area contributed by atoms with Gasteiger partial charge in [0.2, 0.25) is 0 Å². The summed E-state index contributed by atoms with van der Waals surface area (Å²) in [4.78, 5) is 11.7. The van der Waals surface area contributed by atoms with E-state index in [0.29, 0.717) is 23.7 Å². The van der Waals surface area contributed by atoms with Crippen LogP contribution in [-0.2, 0) is 4.74 Å². The van der Waals surface area contributed by atoms with Crippen molar-refractivity contribution in [3.63, 3.8) is 0 Å². The van der Waals surface area contributed by atoms with Gasteiger partial charge in [0.25, 0.3) is 0 Å². The van der Waals surface area contributed by atoms with Gasteiger partial charge < -0.3 is 15.4 Å². The second kappa shape index (κ2) is 7.24. The first-order valence-electron chi connectivity index (χ1n) is 7.04. The number of carbonyl (C=O) groups excluding carboxylic acids is 1. The van der Waals surface area contributed by atoms with E-state index in [9.17, 15) is 9.18 Å². The van der Waals surface area contributed by atoms with Crippen LogP contribution in [0.1, 0.15) is 24.8 Å². The summed E-state index contributed by atoms with van der Waals surface area (Å²) in [5, 5.41) is 5.55. The molecule has 2 N–H and O–H groups in total. The summed E-state index contributed by atoms with van der Waals surface area (Å²) < 4.78 is 18.4. The topological polar surface area (TPSA) is 50.4 Å². The highest BCUT2D eigenvalue weighted by Gasteiger charge is 2.13. The summed E-state index contributed by atoms with van der Waals surface area (Å²) in [5.41, 5.74) is 1.34. The smallest absolute Gasteiger partial charge is 0.319 e. The number of halogens is 1. The van der Waals surface area contributed by atoms with Gasteiger partial charge in [0.1, 0.15) is 5.82 Å². The zero-order valence-corrected chi connectivity index (χ0v) is 11.7. The molecule has 0 aliphatic carbocycles. The van der Waals surface area contributed by atoms with Crippen LogP contribution in [0.25, 0.3) is 0 Å². The fraction of sp³-hybridized carbons (Fsp3) is 0.533. The van der Waals surface area contributed by atoms with Crippen molar-refractivity contribution >= 4 is 11.7 Å². The summed E-state index contributed by atoms with van der Waals surface area (Å²) >= 11 is 0. The first-order chi connectivity index (χ1) is 9.65. The number of ether oxygens (including phenoxy) is 1. The minimum atomic E-state index is -0.300. The summed E-state index contributed by atoms with van der Waals surface area (Å²) in [7, 11) is 0. The van der Waals surface area contributed by atoms with E-state index >= 15 is 0 Å². The van der Waals surface area contributed by atoms with Gasteiger partial charge in [-0.25, -0.2) is 9.18 Å². The molecule has 0 aromatic heterocycles. The van der Waals surface area contributed by atoms with Gasteiger partial charge in [-0.2, -0.15) is 0 Å². The maximum Gasteiger partial charge on any atom is 0.319 e. The Hall–Kier alpha value is -1.62. The van der Waals surface area contributed by atoms with E-state index in [1.165, 1.54) is 18.6 Å². The number of aryl methyl sites for hydroxylation is 1. The predicted octanol–water partition coefficient (Wildman–Crippen LogP) is 3.07. The predicted molar refractivity (Wildman–Crippen MR) is 76.3 cm³/mol. The van der Waals surface area contributed by atoms with Crippen LogP contribution in [0.3, 0.4) is 0 Å². The molecule has 2 amide bonds. The number of rotatable bonds is 4. The molecule has 5 heteroatoms. The van der Waals surface area contributed by atoms with Crippen LogP contribution in [0.4, 0.5) is 14.9 Å². The summed E-state index contributed by atoms with van der Waals surface area (Å²) in [5.74, 6) is 0.238. The van der Waals surface area contributed by atoms with Crippen molar-refractivity contribution in [3.05, 3.63) is 29.6 Å². The molecule has 110 valence electrons. The molecule has 4 nitrogen and oxygen atoms in total. The Kier molecular flexibility index (Phi) is 5.35. The van der Waals surface area contributed by atoms with E-state index in [2.05, 4.69) is 10.6 Å². The van der Waals surface area contributed by atoms with Gasteiger partial charge in [-0.05, 0) is 55.9 Å². The number of nitrogens with one attached hydrogen (secondary N) is 2. The molecule has 0 bridgehead atoms. The number of hydrogen-bond acceptors (Lipinski definition) is 2. The quantitative estimate of drug-likeness (QED) is 0.890. The van der Waals surface area contributed by atoms with Crippen LogP contribution in [0.15, 0.2) is 18.2 Å². The molecule has 1 atom stereocenters. The minimum Gasteiger partial charge on any atom is -0.381 e. The zero-order chi connectivity index (χ0) is 14.4. The molecule has 0 saturated carbocycles. The average Bonchev–Trinajstić information content (AvgIpc) is 2.43. The van der Waals surface area contributed by atoms with E-state index in [4.69, 9.17) is 4.74 Å². The molecule has 0 spiro atoms. The fourth-order valence-corrected chi connectivity index (χ4v) is 2.36. The van der Waals surface area contributed by atoms with E-state index in [1.54, 1.807) is 13.0 Å². The Morgan fingerprint density at radius 2 is 2.35 bits per heavy atom. The van der Waals surface area contributed by atoms with Crippen LogP contribution in [-0.4, -0.2) is 25.8 Å². The van der Waals surface area contributed by atoms with E-state index in [1.807, 2.05) is 0 Å². The standard InChI is InChI=1S/C15H21FN2O2/c1-11-9-13(16)4-5-14(11)18-15(19)17-7-6-12-3-2-8-20-10-12/h4-5,9,12H,2-3,6-8,10H2,1H3,(H2,17,18,19)/t12-/m0/s1. The van der Waals surface area contributed by atoms with E-state index < -0.39 is 0 Å². The van der Waals surface area contributed by atoms with Crippen LogP contribution in [0.2, 0.25) is 0 Å². The normalized spacial score (nSPS) is 18.6. The Balaban J connectivity index is 1.72. The van der Waals surface area contributed by atoms with Crippen molar-refractivity contribution in [2.45, 2.75) is 26.2 Å². The molecular formula is C15H21FN2O2. The molecule has 20 heavy (non-hydrogen) atoms. The second-order valence-corrected chi connectivity index (χ2v) is 5.21. The average molecular weight is 280 g/mol.